The van der Waals surface area contributed by atoms with Crippen molar-refractivity contribution < 1.29 is 4.74 Å². The lowest BCUT2D eigenvalue weighted by molar-refractivity contribution is 0.0720. The molecule has 0 atom stereocenters. The van der Waals surface area contributed by atoms with Gasteiger partial charge in [-0.2, -0.15) is 0 Å². The predicted molar refractivity (Wildman–Crippen MR) is 68.7 cm³/mol. The minimum Gasteiger partial charge on any atom is -0.487 e. The van der Waals surface area contributed by atoms with Crippen LogP contribution in [0.2, 0.25) is 0 Å². The van der Waals surface area contributed by atoms with Crippen molar-refractivity contribution in [2.45, 2.75) is 44.6 Å². The lowest BCUT2D eigenvalue weighted by atomic mass is 9.99. The molecule has 0 aromatic heterocycles. The van der Waals surface area contributed by atoms with E-state index < -0.39 is 0 Å². The van der Waals surface area contributed by atoms with Gasteiger partial charge in [-0.3, -0.25) is 0 Å². The van der Waals surface area contributed by atoms with Crippen LogP contribution >= 0.6 is 0 Å². The van der Waals surface area contributed by atoms with Gasteiger partial charge in [-0.1, -0.05) is 31.7 Å². The average molecular weight is 216 g/mol. The van der Waals surface area contributed by atoms with Crippen molar-refractivity contribution in [2.24, 2.45) is 0 Å². The molecule has 2 rings (SSSR count). The summed E-state index contributed by atoms with van der Waals surface area (Å²) in [4.78, 5) is 0. The van der Waals surface area contributed by atoms with E-state index in [1.807, 2.05) is 18.2 Å². The molecule has 1 nitrogen and oxygen atoms in total. The van der Waals surface area contributed by atoms with Crippen LogP contribution in [-0.4, -0.2) is 5.60 Å². The lowest BCUT2D eigenvalue weighted by Gasteiger charge is -2.29. The van der Waals surface area contributed by atoms with Crippen molar-refractivity contribution in [2.75, 3.05) is 0 Å². The highest BCUT2D eigenvalue weighted by atomic mass is 16.5. The molecule has 1 aliphatic carbocycles. The molecule has 1 aliphatic rings. The van der Waals surface area contributed by atoms with Crippen LogP contribution in [0.3, 0.4) is 0 Å². The molecule has 0 radical (unpaired) electrons. The molecule has 0 heterocycles. The fourth-order valence-corrected chi connectivity index (χ4v) is 2.47. The fourth-order valence-electron chi connectivity index (χ4n) is 2.47. The first-order valence-electron chi connectivity index (χ1n) is 6.19. The summed E-state index contributed by atoms with van der Waals surface area (Å²) in [7, 11) is 0. The lowest BCUT2D eigenvalue weighted by Crippen LogP contribution is -2.31. The van der Waals surface area contributed by atoms with Crippen molar-refractivity contribution in [1.29, 1.82) is 0 Å². The normalized spacial score (nSPS) is 18.3. The van der Waals surface area contributed by atoms with Gasteiger partial charge in [0.15, 0.2) is 0 Å². The van der Waals surface area contributed by atoms with E-state index in [-0.39, 0.29) is 5.60 Å². The zero-order chi connectivity index (χ0) is 11.4. The smallest absolute Gasteiger partial charge is 0.120 e. The van der Waals surface area contributed by atoms with Gasteiger partial charge in [-0.05, 0) is 49.8 Å². The topological polar surface area (TPSA) is 9.23 Å². The summed E-state index contributed by atoms with van der Waals surface area (Å²) in [5.41, 5.74) is 1.25. The van der Waals surface area contributed by atoms with E-state index in [2.05, 4.69) is 25.6 Å². The molecule has 86 valence electrons. The van der Waals surface area contributed by atoms with Crippen LogP contribution in [0.1, 0.15) is 44.6 Å². The Hall–Kier alpha value is -1.24. The molecule has 1 aromatic rings. The monoisotopic (exact) mass is 216 g/mol. The number of benzene rings is 1. The number of ether oxygens (including phenoxy) is 1. The highest BCUT2D eigenvalue weighted by molar-refractivity contribution is 5.48. The molecular weight excluding hydrogens is 196 g/mol. The van der Waals surface area contributed by atoms with Gasteiger partial charge in [-0.15, -0.1) is 0 Å². The number of rotatable bonds is 4. The summed E-state index contributed by atoms with van der Waals surface area (Å²) in [5, 5.41) is 0. The summed E-state index contributed by atoms with van der Waals surface area (Å²) < 4.78 is 6.18. The Morgan fingerprint density at radius 2 is 1.88 bits per heavy atom. The molecule has 1 fully saturated rings. The quantitative estimate of drug-likeness (QED) is 0.723. The summed E-state index contributed by atoms with van der Waals surface area (Å²) in [6.45, 7) is 5.98. The zero-order valence-corrected chi connectivity index (χ0v) is 10.0. The second kappa shape index (κ2) is 4.73. The van der Waals surface area contributed by atoms with Crippen molar-refractivity contribution in [3.05, 3.63) is 36.4 Å². The van der Waals surface area contributed by atoms with E-state index in [9.17, 15) is 0 Å². The van der Waals surface area contributed by atoms with Crippen LogP contribution < -0.4 is 4.74 Å². The largest absolute Gasteiger partial charge is 0.487 e. The van der Waals surface area contributed by atoms with Gasteiger partial charge >= 0.3 is 0 Å². The van der Waals surface area contributed by atoms with Gasteiger partial charge in [0.1, 0.15) is 11.4 Å². The third-order valence-electron chi connectivity index (χ3n) is 3.61. The summed E-state index contributed by atoms with van der Waals surface area (Å²) in [6, 6.07) is 8.21. The van der Waals surface area contributed by atoms with E-state index in [1.165, 1.54) is 25.7 Å². The molecule has 1 aromatic carbocycles. The van der Waals surface area contributed by atoms with Gasteiger partial charge in [0.2, 0.25) is 0 Å². The molecule has 0 N–H and O–H groups in total. The first-order chi connectivity index (χ1) is 7.78. The van der Waals surface area contributed by atoms with Crippen molar-refractivity contribution in [3.63, 3.8) is 0 Å². The van der Waals surface area contributed by atoms with Gasteiger partial charge < -0.3 is 4.74 Å². The minimum absolute atomic E-state index is 0.107. The Kier molecular flexibility index (Phi) is 3.33. The average Bonchev–Trinajstić information content (AvgIpc) is 2.79. The van der Waals surface area contributed by atoms with Gasteiger partial charge in [-0.25, -0.2) is 0 Å². The Morgan fingerprint density at radius 1 is 1.25 bits per heavy atom. The molecule has 0 spiro atoms. The fraction of sp³-hybridized carbons (Fsp3) is 0.467. The zero-order valence-electron chi connectivity index (χ0n) is 10.0. The van der Waals surface area contributed by atoms with E-state index in [4.69, 9.17) is 4.74 Å². The molecule has 1 heteroatoms. The molecular formula is C15H20O. The van der Waals surface area contributed by atoms with Crippen LogP contribution in [0.25, 0.3) is 6.08 Å². The molecule has 1 saturated carbocycles. The Balaban J connectivity index is 2.09. The first-order valence-corrected chi connectivity index (χ1v) is 6.19. The third-order valence-corrected chi connectivity index (χ3v) is 3.61. The Labute approximate surface area is 98.1 Å². The second-order valence-electron chi connectivity index (χ2n) is 4.62. The highest BCUT2D eigenvalue weighted by Gasteiger charge is 2.33. The molecule has 0 bridgehead atoms. The van der Waals surface area contributed by atoms with Crippen LogP contribution in [0.15, 0.2) is 30.8 Å². The van der Waals surface area contributed by atoms with Crippen molar-refractivity contribution in [3.8, 4) is 5.75 Å². The van der Waals surface area contributed by atoms with E-state index in [1.54, 1.807) is 0 Å². The van der Waals surface area contributed by atoms with Crippen molar-refractivity contribution in [1.82, 2.24) is 0 Å². The minimum atomic E-state index is 0.107. The Morgan fingerprint density at radius 3 is 2.38 bits per heavy atom. The number of hydrogen-bond donors (Lipinski definition) is 0. The molecule has 0 saturated heterocycles. The summed E-state index contributed by atoms with van der Waals surface area (Å²) >= 11 is 0. The summed E-state index contributed by atoms with van der Waals surface area (Å²) in [5.74, 6) is 0.995. The van der Waals surface area contributed by atoms with E-state index in [0.29, 0.717) is 0 Å². The third kappa shape index (κ3) is 2.29. The standard InChI is InChI=1S/C15H20O/c1-3-13-7-9-14(10-8-13)16-15(4-2)11-5-6-12-15/h3,7-10H,1,4-6,11-12H2,2H3. The maximum atomic E-state index is 6.18. The maximum Gasteiger partial charge on any atom is 0.120 e. The Bertz CT molecular complexity index is 344. The SMILES string of the molecule is C=Cc1ccc(OC2(CC)CCCC2)cc1. The van der Waals surface area contributed by atoms with Crippen molar-refractivity contribution >= 4 is 6.08 Å². The molecule has 16 heavy (non-hydrogen) atoms. The van der Waals surface area contributed by atoms with Gasteiger partial charge in [0.05, 0.1) is 0 Å². The first kappa shape index (κ1) is 11.3. The highest BCUT2D eigenvalue weighted by Crippen LogP contribution is 2.36. The van der Waals surface area contributed by atoms with Crippen LogP contribution in [-0.2, 0) is 0 Å². The predicted octanol–water partition coefficient (Wildman–Crippen LogP) is 4.43. The molecule has 0 aliphatic heterocycles. The number of hydrogen-bond acceptors (Lipinski definition) is 1. The van der Waals surface area contributed by atoms with Gasteiger partial charge in [0.25, 0.3) is 0 Å². The molecule has 0 amide bonds. The van der Waals surface area contributed by atoms with E-state index >= 15 is 0 Å². The maximum absolute atomic E-state index is 6.18. The van der Waals surface area contributed by atoms with Gasteiger partial charge in [0, 0.05) is 0 Å². The van der Waals surface area contributed by atoms with Crippen LogP contribution in [0.5, 0.6) is 5.75 Å². The van der Waals surface area contributed by atoms with Crippen LogP contribution in [0, 0.1) is 0 Å². The summed E-state index contributed by atoms with van der Waals surface area (Å²) in [6.07, 6.45) is 7.97. The second-order valence-corrected chi connectivity index (χ2v) is 4.62. The molecule has 0 unspecified atom stereocenters. The van der Waals surface area contributed by atoms with E-state index in [0.717, 1.165) is 17.7 Å². The van der Waals surface area contributed by atoms with Crippen LogP contribution in [0.4, 0.5) is 0 Å².